The summed E-state index contributed by atoms with van der Waals surface area (Å²) in [7, 11) is 0. The zero-order chi connectivity index (χ0) is 28.3. The Morgan fingerprint density at radius 2 is 1.76 bits per heavy atom. The molecule has 0 bridgehead atoms. The van der Waals surface area contributed by atoms with Gasteiger partial charge in [0.1, 0.15) is 5.75 Å². The van der Waals surface area contributed by atoms with E-state index < -0.39 is 0 Å². The molecule has 6 rings (SSSR count). The number of thiocarbonyl (C=S) groups is 1. The van der Waals surface area contributed by atoms with Crippen LogP contribution in [0.1, 0.15) is 66.5 Å². The zero-order valence-electron chi connectivity index (χ0n) is 23.4. The number of carbonyl (C=O) groups is 1. The molecule has 4 aromatic rings. The quantitative estimate of drug-likeness (QED) is 0.229. The zero-order valence-corrected chi connectivity index (χ0v) is 24.2. The Hall–Kier alpha value is -4.17. The second-order valence-electron chi connectivity index (χ2n) is 10.8. The molecule has 1 aliphatic carbocycles. The van der Waals surface area contributed by atoms with E-state index in [0.717, 1.165) is 11.4 Å². The molecular formula is C33H35N5O2S. The number of aryl methyl sites for hydroxylation is 1. The van der Waals surface area contributed by atoms with E-state index in [1.807, 2.05) is 72.9 Å². The Morgan fingerprint density at radius 3 is 2.46 bits per heavy atom. The number of nitrogens with one attached hydrogen (secondary N) is 2. The largest absolute Gasteiger partial charge is 0.484 e. The van der Waals surface area contributed by atoms with Gasteiger partial charge in [0.15, 0.2) is 11.7 Å². The summed E-state index contributed by atoms with van der Waals surface area (Å²) in [6.45, 7) is 4.40. The lowest BCUT2D eigenvalue weighted by atomic mass is 9.96. The molecule has 0 spiro atoms. The number of aromatic nitrogens is 2. The van der Waals surface area contributed by atoms with E-state index in [2.05, 4.69) is 46.1 Å². The van der Waals surface area contributed by atoms with Crippen LogP contribution in [0.5, 0.6) is 5.75 Å². The second kappa shape index (κ2) is 11.7. The Kier molecular flexibility index (Phi) is 7.74. The second-order valence-corrected chi connectivity index (χ2v) is 11.2. The summed E-state index contributed by atoms with van der Waals surface area (Å²) in [5.74, 6) is 0.446. The van der Waals surface area contributed by atoms with Crippen LogP contribution < -0.4 is 20.3 Å². The lowest BCUT2D eigenvalue weighted by Crippen LogP contribution is -2.29. The molecule has 1 amide bonds. The number of carbonyl (C=O) groups excluding carboxylic acids is 1. The van der Waals surface area contributed by atoms with Crippen molar-refractivity contribution >= 4 is 34.6 Å². The van der Waals surface area contributed by atoms with Crippen molar-refractivity contribution in [3.05, 3.63) is 108 Å². The van der Waals surface area contributed by atoms with E-state index in [-0.39, 0.29) is 24.6 Å². The summed E-state index contributed by atoms with van der Waals surface area (Å²) in [5, 5.41) is 7.15. The maximum atomic E-state index is 12.5. The molecular weight excluding hydrogens is 530 g/mol. The SMILES string of the molecule is Cc1cc([C@H]2[C@H](c3ccccn3)NC(=S)N2c2ccc(NC(=O)COc3ccccc3)cc2)c(C)n1C1CCCC1. The fraction of sp³-hybridized carbons (Fsp3) is 0.303. The Balaban J connectivity index is 1.27. The van der Waals surface area contributed by atoms with E-state index in [1.54, 1.807) is 0 Å². The third-order valence-corrected chi connectivity index (χ3v) is 8.49. The number of benzene rings is 2. The Labute approximate surface area is 246 Å². The molecule has 1 saturated heterocycles. The molecule has 1 aliphatic heterocycles. The summed E-state index contributed by atoms with van der Waals surface area (Å²) in [6.07, 6.45) is 6.87. The molecule has 3 heterocycles. The first-order chi connectivity index (χ1) is 20.0. The molecule has 2 aromatic carbocycles. The van der Waals surface area contributed by atoms with Gasteiger partial charge < -0.3 is 24.8 Å². The number of hydrogen-bond acceptors (Lipinski definition) is 4. The van der Waals surface area contributed by atoms with E-state index in [1.165, 1.54) is 42.6 Å². The number of nitrogens with zero attached hydrogens (tertiary/aromatic N) is 3. The van der Waals surface area contributed by atoms with E-state index >= 15 is 0 Å². The van der Waals surface area contributed by atoms with Crippen molar-refractivity contribution in [2.24, 2.45) is 0 Å². The molecule has 2 aliphatic rings. The molecule has 8 heteroatoms. The van der Waals surface area contributed by atoms with Crippen molar-refractivity contribution in [2.45, 2.75) is 57.7 Å². The summed E-state index contributed by atoms with van der Waals surface area (Å²) in [5.41, 5.74) is 6.45. The van der Waals surface area contributed by atoms with Gasteiger partial charge in [-0.05, 0) is 99.1 Å². The van der Waals surface area contributed by atoms with Crippen LogP contribution in [0.25, 0.3) is 0 Å². The maximum Gasteiger partial charge on any atom is 0.262 e. The number of hydrogen-bond donors (Lipinski definition) is 2. The minimum absolute atomic E-state index is 0.0592. The summed E-state index contributed by atoms with van der Waals surface area (Å²) < 4.78 is 8.12. The number of amides is 1. The van der Waals surface area contributed by atoms with Gasteiger partial charge in [0, 0.05) is 35.0 Å². The standard InChI is InChI=1S/C33H35N5O2S/c1-22-20-28(23(2)37(22)25-10-6-7-11-25)32-31(29-14-8-9-19-34-29)36-33(41)38(32)26-17-15-24(16-18-26)35-30(39)21-40-27-12-4-3-5-13-27/h3-5,8-9,12-20,25,31-32H,6-7,10-11,21H2,1-2H3,(H,35,39)(H,36,41)/t31-,32-/m0/s1. The predicted molar refractivity (Wildman–Crippen MR) is 166 cm³/mol. The fourth-order valence-corrected chi connectivity index (χ4v) is 6.69. The number of para-hydroxylation sites is 1. The van der Waals surface area contributed by atoms with Gasteiger partial charge in [0.05, 0.1) is 17.8 Å². The third kappa shape index (κ3) is 5.57. The van der Waals surface area contributed by atoms with E-state index in [4.69, 9.17) is 21.9 Å². The summed E-state index contributed by atoms with van der Waals surface area (Å²) in [6, 6.07) is 25.9. The number of ether oxygens (including phenoxy) is 1. The van der Waals surface area contributed by atoms with Gasteiger partial charge in [-0.25, -0.2) is 0 Å². The van der Waals surface area contributed by atoms with Crippen LogP contribution in [0, 0.1) is 13.8 Å². The van der Waals surface area contributed by atoms with Crippen molar-refractivity contribution in [1.82, 2.24) is 14.9 Å². The number of rotatable bonds is 8. The third-order valence-electron chi connectivity index (χ3n) is 8.17. The lowest BCUT2D eigenvalue weighted by Gasteiger charge is -2.28. The lowest BCUT2D eigenvalue weighted by molar-refractivity contribution is -0.118. The normalized spacial score (nSPS) is 18.9. The topological polar surface area (TPSA) is 71.4 Å². The molecule has 0 unspecified atom stereocenters. The number of pyridine rings is 1. The average Bonchev–Trinajstić information content (AvgIpc) is 3.71. The van der Waals surface area contributed by atoms with Crippen LogP contribution in [-0.4, -0.2) is 27.2 Å². The fourth-order valence-electron chi connectivity index (χ4n) is 6.34. The van der Waals surface area contributed by atoms with Crippen LogP contribution >= 0.6 is 12.2 Å². The van der Waals surface area contributed by atoms with Gasteiger partial charge in [-0.15, -0.1) is 0 Å². The highest BCUT2D eigenvalue weighted by molar-refractivity contribution is 7.80. The minimum Gasteiger partial charge on any atom is -0.484 e. The first-order valence-corrected chi connectivity index (χ1v) is 14.7. The molecule has 210 valence electrons. The Bertz CT molecular complexity index is 1510. The molecule has 2 N–H and O–H groups in total. The molecule has 2 aromatic heterocycles. The molecule has 0 radical (unpaired) electrons. The van der Waals surface area contributed by atoms with Gasteiger partial charge in [0.25, 0.3) is 5.91 Å². The first-order valence-electron chi connectivity index (χ1n) is 14.3. The average molecular weight is 566 g/mol. The minimum atomic E-state index is -0.215. The van der Waals surface area contributed by atoms with Crippen molar-refractivity contribution in [2.75, 3.05) is 16.8 Å². The van der Waals surface area contributed by atoms with Gasteiger partial charge in [-0.3, -0.25) is 9.78 Å². The predicted octanol–water partition coefficient (Wildman–Crippen LogP) is 6.81. The van der Waals surface area contributed by atoms with Gasteiger partial charge in [0.2, 0.25) is 0 Å². The van der Waals surface area contributed by atoms with E-state index in [9.17, 15) is 4.79 Å². The highest BCUT2D eigenvalue weighted by Crippen LogP contribution is 2.45. The summed E-state index contributed by atoms with van der Waals surface area (Å²) >= 11 is 5.94. The smallest absolute Gasteiger partial charge is 0.262 e. The van der Waals surface area contributed by atoms with Crippen LogP contribution in [0.3, 0.4) is 0 Å². The molecule has 41 heavy (non-hydrogen) atoms. The highest BCUT2D eigenvalue weighted by atomic mass is 32.1. The van der Waals surface area contributed by atoms with Gasteiger partial charge >= 0.3 is 0 Å². The molecule has 2 fully saturated rings. The highest BCUT2D eigenvalue weighted by Gasteiger charge is 2.42. The Morgan fingerprint density at radius 1 is 1.02 bits per heavy atom. The molecule has 1 saturated carbocycles. The number of anilines is 2. The van der Waals surface area contributed by atoms with Crippen LogP contribution in [0.15, 0.2) is 85.1 Å². The van der Waals surface area contributed by atoms with Crippen molar-refractivity contribution in [3.8, 4) is 5.75 Å². The van der Waals surface area contributed by atoms with Crippen molar-refractivity contribution < 1.29 is 9.53 Å². The van der Waals surface area contributed by atoms with Gasteiger partial charge in [-0.1, -0.05) is 37.1 Å². The monoisotopic (exact) mass is 565 g/mol. The van der Waals surface area contributed by atoms with Crippen molar-refractivity contribution in [1.29, 1.82) is 0 Å². The van der Waals surface area contributed by atoms with Crippen molar-refractivity contribution in [3.63, 3.8) is 0 Å². The molecule has 7 nitrogen and oxygen atoms in total. The van der Waals surface area contributed by atoms with Crippen LogP contribution in [-0.2, 0) is 4.79 Å². The molecule has 2 atom stereocenters. The van der Waals surface area contributed by atoms with Crippen LogP contribution in [0.2, 0.25) is 0 Å². The summed E-state index contributed by atoms with van der Waals surface area (Å²) in [4.78, 5) is 19.4. The first kappa shape index (κ1) is 27.0. The van der Waals surface area contributed by atoms with E-state index in [0.29, 0.717) is 22.6 Å². The van der Waals surface area contributed by atoms with Gasteiger partial charge in [-0.2, -0.15) is 0 Å². The maximum absolute atomic E-state index is 12.5. The van der Waals surface area contributed by atoms with Crippen LogP contribution in [0.4, 0.5) is 11.4 Å².